The van der Waals surface area contributed by atoms with Crippen molar-refractivity contribution in [2.75, 3.05) is 12.4 Å². The van der Waals surface area contributed by atoms with E-state index in [-0.39, 0.29) is 5.78 Å². The molecule has 0 atom stereocenters. The topological polar surface area (TPSA) is 39.4 Å². The number of furan rings is 1. The molecule has 0 aliphatic heterocycles. The van der Waals surface area contributed by atoms with Gasteiger partial charge >= 0.3 is 0 Å². The number of carbonyl (C=O) groups is 1. The Morgan fingerprint density at radius 1 is 1.26 bits per heavy atom. The molecular formula is C15H16O3S. The standard InChI is InChI=1S/C15H16O3S/c1-2-17-13-7-5-12(6-8-13)15(16)11-19-10-14-4-3-9-18-14/h3-9H,2,10-11H2,1H3. The number of carbonyl (C=O) groups excluding carboxylic acids is 1. The van der Waals surface area contributed by atoms with Gasteiger partial charge in [0.05, 0.1) is 24.4 Å². The van der Waals surface area contributed by atoms with Crippen molar-refractivity contribution in [3.05, 3.63) is 54.0 Å². The fraction of sp³-hybridized carbons (Fsp3) is 0.267. The Labute approximate surface area is 117 Å². The Morgan fingerprint density at radius 3 is 2.68 bits per heavy atom. The minimum absolute atomic E-state index is 0.125. The van der Waals surface area contributed by atoms with Gasteiger partial charge in [0.25, 0.3) is 0 Å². The van der Waals surface area contributed by atoms with E-state index >= 15 is 0 Å². The summed E-state index contributed by atoms with van der Waals surface area (Å²) < 4.78 is 10.6. The van der Waals surface area contributed by atoms with Gasteiger partial charge in [-0.15, -0.1) is 11.8 Å². The van der Waals surface area contributed by atoms with Gasteiger partial charge in [-0.1, -0.05) is 0 Å². The molecule has 0 unspecified atom stereocenters. The Hall–Kier alpha value is -1.68. The van der Waals surface area contributed by atoms with E-state index in [9.17, 15) is 4.79 Å². The first-order valence-corrected chi connectivity index (χ1v) is 7.31. The molecule has 19 heavy (non-hydrogen) atoms. The molecule has 1 aromatic carbocycles. The minimum Gasteiger partial charge on any atom is -0.494 e. The Morgan fingerprint density at radius 2 is 2.05 bits per heavy atom. The lowest BCUT2D eigenvalue weighted by molar-refractivity contribution is 0.102. The molecule has 0 N–H and O–H groups in total. The second-order valence-electron chi connectivity index (χ2n) is 3.95. The minimum atomic E-state index is 0.125. The third-order valence-electron chi connectivity index (χ3n) is 2.54. The van der Waals surface area contributed by atoms with Crippen LogP contribution in [-0.2, 0) is 5.75 Å². The molecule has 0 aliphatic carbocycles. The highest BCUT2D eigenvalue weighted by atomic mass is 32.2. The number of Topliss-reactive ketones (excluding diaryl/α,β-unsaturated/α-hetero) is 1. The maximum atomic E-state index is 12.0. The molecule has 4 heteroatoms. The van der Waals surface area contributed by atoms with E-state index < -0.39 is 0 Å². The number of rotatable bonds is 7. The van der Waals surface area contributed by atoms with Gasteiger partial charge in [0.1, 0.15) is 11.5 Å². The lowest BCUT2D eigenvalue weighted by atomic mass is 10.1. The van der Waals surface area contributed by atoms with E-state index in [4.69, 9.17) is 9.15 Å². The summed E-state index contributed by atoms with van der Waals surface area (Å²) in [5.41, 5.74) is 0.718. The van der Waals surface area contributed by atoms with Crippen molar-refractivity contribution in [2.24, 2.45) is 0 Å². The van der Waals surface area contributed by atoms with E-state index in [1.807, 2.05) is 31.2 Å². The van der Waals surface area contributed by atoms with Crippen LogP contribution in [0.1, 0.15) is 23.0 Å². The van der Waals surface area contributed by atoms with Crippen molar-refractivity contribution in [1.29, 1.82) is 0 Å². The van der Waals surface area contributed by atoms with Crippen LogP contribution < -0.4 is 4.74 Å². The molecule has 100 valence electrons. The predicted octanol–water partition coefficient (Wildman–Crippen LogP) is 3.79. The molecule has 0 spiro atoms. The highest BCUT2D eigenvalue weighted by Gasteiger charge is 2.07. The van der Waals surface area contributed by atoms with E-state index in [1.54, 1.807) is 30.2 Å². The van der Waals surface area contributed by atoms with Gasteiger partial charge < -0.3 is 9.15 Å². The van der Waals surface area contributed by atoms with Gasteiger partial charge in [-0.25, -0.2) is 0 Å². The summed E-state index contributed by atoms with van der Waals surface area (Å²) in [6.45, 7) is 2.57. The van der Waals surface area contributed by atoms with Gasteiger partial charge in [0, 0.05) is 5.56 Å². The second kappa shape index (κ2) is 7.04. The number of hydrogen-bond acceptors (Lipinski definition) is 4. The zero-order chi connectivity index (χ0) is 13.5. The van der Waals surface area contributed by atoms with E-state index in [1.165, 1.54) is 0 Å². The van der Waals surface area contributed by atoms with Crippen LogP contribution in [0.4, 0.5) is 0 Å². The molecule has 0 radical (unpaired) electrons. The van der Waals surface area contributed by atoms with Crippen molar-refractivity contribution in [1.82, 2.24) is 0 Å². The van der Waals surface area contributed by atoms with Crippen molar-refractivity contribution in [3.63, 3.8) is 0 Å². The average Bonchev–Trinajstić information content (AvgIpc) is 2.93. The van der Waals surface area contributed by atoms with Crippen LogP contribution in [0.25, 0.3) is 0 Å². The van der Waals surface area contributed by atoms with Crippen LogP contribution in [0.2, 0.25) is 0 Å². The predicted molar refractivity (Wildman–Crippen MR) is 76.8 cm³/mol. The molecule has 0 saturated carbocycles. The largest absolute Gasteiger partial charge is 0.494 e. The highest BCUT2D eigenvalue weighted by Crippen LogP contribution is 2.16. The Bertz CT molecular complexity index is 503. The first kappa shape index (κ1) is 13.7. The monoisotopic (exact) mass is 276 g/mol. The molecule has 0 fully saturated rings. The molecule has 2 rings (SSSR count). The average molecular weight is 276 g/mol. The fourth-order valence-corrected chi connectivity index (χ4v) is 2.45. The van der Waals surface area contributed by atoms with Gasteiger partial charge in [-0.2, -0.15) is 0 Å². The van der Waals surface area contributed by atoms with Crippen LogP contribution in [0, 0.1) is 0 Å². The fourth-order valence-electron chi connectivity index (χ4n) is 1.63. The van der Waals surface area contributed by atoms with E-state index in [0.717, 1.165) is 22.8 Å². The first-order valence-electron chi connectivity index (χ1n) is 6.16. The zero-order valence-electron chi connectivity index (χ0n) is 10.8. The molecule has 0 amide bonds. The number of thioether (sulfide) groups is 1. The molecular weight excluding hydrogens is 260 g/mol. The van der Waals surface area contributed by atoms with Crippen LogP contribution in [0.15, 0.2) is 47.1 Å². The summed E-state index contributed by atoms with van der Waals surface area (Å²) in [4.78, 5) is 12.0. The van der Waals surface area contributed by atoms with Crippen molar-refractivity contribution in [3.8, 4) is 5.75 Å². The molecule has 1 aromatic heterocycles. The summed E-state index contributed by atoms with van der Waals surface area (Å²) in [6.07, 6.45) is 1.64. The quantitative estimate of drug-likeness (QED) is 0.721. The maximum absolute atomic E-state index is 12.0. The van der Waals surface area contributed by atoms with Crippen LogP contribution >= 0.6 is 11.8 Å². The molecule has 0 aliphatic rings. The van der Waals surface area contributed by atoms with Crippen LogP contribution in [0.3, 0.4) is 0 Å². The molecule has 0 saturated heterocycles. The number of benzene rings is 1. The van der Waals surface area contributed by atoms with E-state index in [0.29, 0.717) is 12.4 Å². The molecule has 2 aromatic rings. The van der Waals surface area contributed by atoms with Gasteiger partial charge in [0.2, 0.25) is 0 Å². The Balaban J connectivity index is 1.82. The number of ether oxygens (including phenoxy) is 1. The number of ketones is 1. The zero-order valence-corrected chi connectivity index (χ0v) is 11.6. The highest BCUT2D eigenvalue weighted by molar-refractivity contribution is 7.99. The summed E-state index contributed by atoms with van der Waals surface area (Å²) in [7, 11) is 0. The summed E-state index contributed by atoms with van der Waals surface area (Å²) in [6, 6.07) is 11.0. The third kappa shape index (κ3) is 4.17. The van der Waals surface area contributed by atoms with Crippen LogP contribution in [0.5, 0.6) is 5.75 Å². The van der Waals surface area contributed by atoms with Crippen molar-refractivity contribution >= 4 is 17.5 Å². The summed E-state index contributed by atoms with van der Waals surface area (Å²) >= 11 is 1.55. The summed E-state index contributed by atoms with van der Waals surface area (Å²) in [5, 5.41) is 0. The van der Waals surface area contributed by atoms with Crippen molar-refractivity contribution < 1.29 is 13.9 Å². The lowest BCUT2D eigenvalue weighted by Gasteiger charge is -2.04. The Kier molecular flexibility index (Phi) is 5.10. The molecule has 1 heterocycles. The normalized spacial score (nSPS) is 10.4. The van der Waals surface area contributed by atoms with Crippen LogP contribution in [-0.4, -0.2) is 18.1 Å². The van der Waals surface area contributed by atoms with E-state index in [2.05, 4.69) is 0 Å². The second-order valence-corrected chi connectivity index (χ2v) is 4.94. The lowest BCUT2D eigenvalue weighted by Crippen LogP contribution is -2.02. The number of hydrogen-bond donors (Lipinski definition) is 0. The van der Waals surface area contributed by atoms with Gasteiger partial charge in [-0.05, 0) is 43.3 Å². The smallest absolute Gasteiger partial charge is 0.172 e. The SMILES string of the molecule is CCOc1ccc(C(=O)CSCc2ccco2)cc1. The van der Waals surface area contributed by atoms with Gasteiger partial charge in [0.15, 0.2) is 5.78 Å². The maximum Gasteiger partial charge on any atom is 0.172 e. The third-order valence-corrected chi connectivity index (χ3v) is 3.50. The van der Waals surface area contributed by atoms with Gasteiger partial charge in [-0.3, -0.25) is 4.79 Å². The first-order chi connectivity index (χ1) is 9.29. The molecule has 3 nitrogen and oxygen atoms in total. The molecule has 0 bridgehead atoms. The summed E-state index contributed by atoms with van der Waals surface area (Å²) in [5.74, 6) is 2.98. The van der Waals surface area contributed by atoms with Crippen molar-refractivity contribution in [2.45, 2.75) is 12.7 Å².